The van der Waals surface area contributed by atoms with Gasteiger partial charge in [-0.05, 0) is 37.3 Å². The molecule has 2 aromatic heterocycles. The summed E-state index contributed by atoms with van der Waals surface area (Å²) in [6.07, 6.45) is 0. The molecule has 0 radical (unpaired) electrons. The van der Waals surface area contributed by atoms with Crippen LogP contribution < -0.4 is 0 Å². The van der Waals surface area contributed by atoms with Crippen molar-refractivity contribution in [2.24, 2.45) is 0 Å². The summed E-state index contributed by atoms with van der Waals surface area (Å²) in [5.74, 6) is 0.228. The minimum absolute atomic E-state index is 0.115. The molecule has 0 aliphatic rings. The van der Waals surface area contributed by atoms with Crippen LogP contribution in [-0.2, 0) is 0 Å². The average Bonchev–Trinajstić information content (AvgIpc) is 2.84. The molecule has 4 nitrogen and oxygen atoms in total. The Morgan fingerprint density at radius 2 is 2.10 bits per heavy atom. The number of nitrogens with zero attached hydrogens (tertiary/aromatic N) is 1. The molecule has 0 unspecified atom stereocenters. The number of aromatic carboxylic acids is 1. The fourth-order valence-corrected chi connectivity index (χ4v) is 2.38. The summed E-state index contributed by atoms with van der Waals surface area (Å²) in [5.41, 5.74) is 1.12. The van der Waals surface area contributed by atoms with E-state index >= 15 is 0 Å². The van der Waals surface area contributed by atoms with E-state index in [0.29, 0.717) is 27.4 Å². The number of furan rings is 1. The van der Waals surface area contributed by atoms with E-state index in [1.807, 2.05) is 6.92 Å². The zero-order valence-corrected chi connectivity index (χ0v) is 11.3. The summed E-state index contributed by atoms with van der Waals surface area (Å²) in [7, 11) is 0. The molecule has 0 aliphatic carbocycles. The molecule has 1 N–H and O–H groups in total. The molecule has 0 fully saturated rings. The highest BCUT2D eigenvalue weighted by Crippen LogP contribution is 2.30. The maximum atomic E-state index is 11.4. The molecule has 2 heterocycles. The molecule has 0 saturated carbocycles. The molecule has 100 valence electrons. The summed E-state index contributed by atoms with van der Waals surface area (Å²) >= 11 is 6.08. The molecule has 5 heteroatoms. The Morgan fingerprint density at radius 1 is 1.30 bits per heavy atom. The average molecular weight is 288 g/mol. The predicted octanol–water partition coefficient (Wildman–Crippen LogP) is 4.15. The second-order valence-corrected chi connectivity index (χ2v) is 4.81. The van der Waals surface area contributed by atoms with Crippen molar-refractivity contribution < 1.29 is 14.3 Å². The lowest BCUT2D eigenvalue weighted by Crippen LogP contribution is -2.00. The number of aromatic nitrogens is 1. The first-order valence-electron chi connectivity index (χ1n) is 5.95. The molecule has 3 aromatic rings. The van der Waals surface area contributed by atoms with E-state index in [-0.39, 0.29) is 5.56 Å². The molecular weight excluding hydrogens is 278 g/mol. The van der Waals surface area contributed by atoms with Gasteiger partial charge >= 0.3 is 5.97 Å². The molecule has 1 aromatic carbocycles. The lowest BCUT2D eigenvalue weighted by atomic mass is 10.1. The standard InChI is InChI=1S/C15H10ClNO3/c1-8-5-6-13(20-8)12-7-9(15(18)19)14-10(16)3-2-4-11(14)17-12/h2-7H,1H3,(H,18,19). The Labute approximate surface area is 119 Å². The smallest absolute Gasteiger partial charge is 0.336 e. The minimum atomic E-state index is -1.05. The summed E-state index contributed by atoms with van der Waals surface area (Å²) < 4.78 is 5.50. The Bertz CT molecular complexity index is 823. The highest BCUT2D eigenvalue weighted by molar-refractivity contribution is 6.36. The number of rotatable bonds is 2. The van der Waals surface area contributed by atoms with Crippen molar-refractivity contribution in [2.45, 2.75) is 6.92 Å². The number of fused-ring (bicyclic) bond motifs is 1. The molecular formula is C15H10ClNO3. The molecule has 0 amide bonds. The number of pyridine rings is 1. The first-order chi connectivity index (χ1) is 9.56. The van der Waals surface area contributed by atoms with Crippen LogP contribution in [0.1, 0.15) is 16.1 Å². The van der Waals surface area contributed by atoms with E-state index < -0.39 is 5.97 Å². The van der Waals surface area contributed by atoms with Gasteiger partial charge in [0.2, 0.25) is 0 Å². The Kier molecular flexibility index (Phi) is 2.95. The van der Waals surface area contributed by atoms with Gasteiger partial charge in [-0.2, -0.15) is 0 Å². The van der Waals surface area contributed by atoms with Crippen molar-refractivity contribution in [2.75, 3.05) is 0 Å². The van der Waals surface area contributed by atoms with Gasteiger partial charge in [-0.1, -0.05) is 17.7 Å². The summed E-state index contributed by atoms with van der Waals surface area (Å²) in [6, 6.07) is 10.2. The van der Waals surface area contributed by atoms with Gasteiger partial charge in [0.25, 0.3) is 0 Å². The van der Waals surface area contributed by atoms with Crippen LogP contribution in [0.3, 0.4) is 0 Å². The van der Waals surface area contributed by atoms with Gasteiger partial charge in [0.1, 0.15) is 11.5 Å². The van der Waals surface area contributed by atoms with Crippen molar-refractivity contribution in [1.82, 2.24) is 4.98 Å². The Balaban J connectivity index is 2.34. The summed E-state index contributed by atoms with van der Waals surface area (Å²) in [6.45, 7) is 1.82. The van der Waals surface area contributed by atoms with Gasteiger partial charge in [-0.15, -0.1) is 0 Å². The van der Waals surface area contributed by atoms with E-state index in [2.05, 4.69) is 4.98 Å². The zero-order valence-electron chi connectivity index (χ0n) is 10.6. The Hall–Kier alpha value is -2.33. The SMILES string of the molecule is Cc1ccc(-c2cc(C(=O)O)c3c(Cl)cccc3n2)o1. The first-order valence-corrected chi connectivity index (χ1v) is 6.33. The second kappa shape index (κ2) is 4.65. The van der Waals surface area contributed by atoms with E-state index in [1.54, 1.807) is 30.3 Å². The second-order valence-electron chi connectivity index (χ2n) is 4.40. The van der Waals surface area contributed by atoms with E-state index in [0.717, 1.165) is 5.76 Å². The van der Waals surface area contributed by atoms with E-state index in [4.69, 9.17) is 16.0 Å². The molecule has 0 spiro atoms. The monoisotopic (exact) mass is 287 g/mol. The molecule has 0 atom stereocenters. The number of halogens is 1. The van der Waals surface area contributed by atoms with Crippen LogP contribution in [0.2, 0.25) is 5.02 Å². The van der Waals surface area contributed by atoms with Crippen LogP contribution >= 0.6 is 11.6 Å². The lowest BCUT2D eigenvalue weighted by molar-refractivity contribution is 0.0699. The topological polar surface area (TPSA) is 63.3 Å². The largest absolute Gasteiger partial charge is 0.478 e. The van der Waals surface area contributed by atoms with Gasteiger partial charge in [0, 0.05) is 5.39 Å². The highest BCUT2D eigenvalue weighted by atomic mass is 35.5. The van der Waals surface area contributed by atoms with Crippen LogP contribution in [0.4, 0.5) is 0 Å². The molecule has 0 saturated heterocycles. The third-order valence-electron chi connectivity index (χ3n) is 3.01. The fourth-order valence-electron chi connectivity index (χ4n) is 2.11. The van der Waals surface area contributed by atoms with Gasteiger partial charge in [-0.3, -0.25) is 0 Å². The van der Waals surface area contributed by atoms with Gasteiger partial charge in [0.15, 0.2) is 5.76 Å². The first kappa shape index (κ1) is 12.7. The number of carboxylic acids is 1. The molecule has 20 heavy (non-hydrogen) atoms. The number of hydrogen-bond acceptors (Lipinski definition) is 3. The molecule has 3 rings (SSSR count). The molecule has 0 bridgehead atoms. The highest BCUT2D eigenvalue weighted by Gasteiger charge is 2.16. The normalized spacial score (nSPS) is 10.9. The van der Waals surface area contributed by atoms with Crippen molar-refractivity contribution in [1.29, 1.82) is 0 Å². The van der Waals surface area contributed by atoms with E-state index in [1.165, 1.54) is 6.07 Å². The predicted molar refractivity (Wildman–Crippen MR) is 76.2 cm³/mol. The third-order valence-corrected chi connectivity index (χ3v) is 3.32. The minimum Gasteiger partial charge on any atom is -0.478 e. The van der Waals surface area contributed by atoms with Crippen LogP contribution in [0, 0.1) is 6.92 Å². The maximum absolute atomic E-state index is 11.4. The van der Waals surface area contributed by atoms with Crippen molar-refractivity contribution in [3.8, 4) is 11.5 Å². The number of benzene rings is 1. The van der Waals surface area contributed by atoms with Crippen LogP contribution in [0.15, 0.2) is 40.8 Å². The van der Waals surface area contributed by atoms with Gasteiger partial charge in [0.05, 0.1) is 16.1 Å². The summed E-state index contributed by atoms with van der Waals surface area (Å²) in [5, 5.41) is 10.2. The summed E-state index contributed by atoms with van der Waals surface area (Å²) in [4.78, 5) is 15.9. The number of carboxylic acid groups (broad SMARTS) is 1. The van der Waals surface area contributed by atoms with E-state index in [9.17, 15) is 9.90 Å². The van der Waals surface area contributed by atoms with Gasteiger partial charge < -0.3 is 9.52 Å². The lowest BCUT2D eigenvalue weighted by Gasteiger charge is -2.06. The zero-order chi connectivity index (χ0) is 14.3. The van der Waals surface area contributed by atoms with Crippen LogP contribution in [0.5, 0.6) is 0 Å². The van der Waals surface area contributed by atoms with Gasteiger partial charge in [-0.25, -0.2) is 9.78 Å². The number of aryl methyl sites for hydroxylation is 1. The van der Waals surface area contributed by atoms with Crippen molar-refractivity contribution in [3.05, 3.63) is 52.7 Å². The fraction of sp³-hybridized carbons (Fsp3) is 0.0667. The van der Waals surface area contributed by atoms with Crippen LogP contribution in [0.25, 0.3) is 22.4 Å². The molecule has 0 aliphatic heterocycles. The van der Waals surface area contributed by atoms with Crippen molar-refractivity contribution in [3.63, 3.8) is 0 Å². The Morgan fingerprint density at radius 3 is 2.75 bits per heavy atom. The van der Waals surface area contributed by atoms with Crippen molar-refractivity contribution >= 4 is 28.5 Å². The maximum Gasteiger partial charge on any atom is 0.336 e. The number of carbonyl (C=O) groups is 1. The quantitative estimate of drug-likeness (QED) is 0.769. The number of hydrogen-bond donors (Lipinski definition) is 1. The third kappa shape index (κ3) is 2.04. The van der Waals surface area contributed by atoms with Crippen LogP contribution in [-0.4, -0.2) is 16.1 Å².